The molecule has 0 saturated heterocycles. The number of oxazole rings is 1. The maximum absolute atomic E-state index is 13.3. The van der Waals surface area contributed by atoms with E-state index in [0.717, 1.165) is 18.5 Å². The van der Waals surface area contributed by atoms with Gasteiger partial charge in [0.1, 0.15) is 24.2 Å². The molecule has 3 aromatic heterocycles. The average molecular weight is 616 g/mol. The second-order valence-corrected chi connectivity index (χ2v) is 10.3. The molecule has 232 valence electrons. The van der Waals surface area contributed by atoms with Gasteiger partial charge in [-0.25, -0.2) is 19.4 Å². The third-order valence-electron chi connectivity index (χ3n) is 5.75. The summed E-state index contributed by atoms with van der Waals surface area (Å²) in [4.78, 5) is 46.5. The van der Waals surface area contributed by atoms with Crippen molar-refractivity contribution in [3.8, 4) is 17.1 Å². The summed E-state index contributed by atoms with van der Waals surface area (Å²) < 4.78 is 51.8. The minimum absolute atomic E-state index is 0.0523. The van der Waals surface area contributed by atoms with Gasteiger partial charge in [0.15, 0.2) is 11.4 Å². The lowest BCUT2D eigenvalue weighted by Crippen LogP contribution is -2.42. The number of ether oxygens (including phenoxy) is 1. The minimum Gasteiger partial charge on any atom is -0.444 e. The number of benzene rings is 1. The Morgan fingerprint density at radius 1 is 1.09 bits per heavy atom. The molecule has 3 N–H and O–H groups in total. The van der Waals surface area contributed by atoms with Crippen molar-refractivity contribution in [1.29, 1.82) is 0 Å². The Labute approximate surface area is 248 Å². The second-order valence-electron chi connectivity index (χ2n) is 10.3. The Kier molecular flexibility index (Phi) is 9.03. The molecule has 0 atom stereocenters. The van der Waals surface area contributed by atoms with Gasteiger partial charge in [-0.3, -0.25) is 14.5 Å². The number of carbonyl (C=O) groups is 3. The van der Waals surface area contributed by atoms with Gasteiger partial charge in [-0.15, -0.1) is 0 Å². The van der Waals surface area contributed by atoms with Gasteiger partial charge in [-0.1, -0.05) is 12.1 Å². The highest BCUT2D eigenvalue weighted by atomic mass is 19.4. The monoisotopic (exact) mass is 615 g/mol. The smallest absolute Gasteiger partial charge is 0.416 e. The van der Waals surface area contributed by atoms with Crippen molar-refractivity contribution < 1.29 is 41.8 Å². The molecule has 0 aliphatic rings. The van der Waals surface area contributed by atoms with Crippen LogP contribution >= 0.6 is 0 Å². The van der Waals surface area contributed by atoms with Crippen LogP contribution in [0.4, 0.5) is 29.5 Å². The summed E-state index contributed by atoms with van der Waals surface area (Å²) in [6.07, 6.45) is -2.43. The number of aliphatic hydroxyl groups is 1. The van der Waals surface area contributed by atoms with E-state index in [4.69, 9.17) is 9.15 Å². The number of alkyl halides is 3. The normalized spacial score (nSPS) is 11.6. The van der Waals surface area contributed by atoms with Gasteiger partial charge in [-0.2, -0.15) is 18.3 Å². The van der Waals surface area contributed by atoms with E-state index < -0.39 is 36.2 Å². The zero-order chi connectivity index (χ0) is 32.2. The fourth-order valence-corrected chi connectivity index (χ4v) is 3.77. The molecule has 13 nitrogen and oxygen atoms in total. The van der Waals surface area contributed by atoms with Crippen LogP contribution in [0.15, 0.2) is 59.5 Å². The number of amides is 3. The number of rotatable bonds is 8. The van der Waals surface area contributed by atoms with E-state index in [9.17, 15) is 32.7 Å². The van der Waals surface area contributed by atoms with E-state index in [1.54, 1.807) is 24.3 Å². The zero-order valence-electron chi connectivity index (χ0n) is 24.0. The van der Waals surface area contributed by atoms with Crippen LogP contribution < -0.4 is 15.5 Å². The Hall–Kier alpha value is -5.25. The lowest BCUT2D eigenvalue weighted by Gasteiger charge is -2.27. The highest BCUT2D eigenvalue weighted by Gasteiger charge is 2.36. The van der Waals surface area contributed by atoms with E-state index in [1.807, 2.05) is 0 Å². The molecular weight excluding hydrogens is 587 g/mol. The summed E-state index contributed by atoms with van der Waals surface area (Å²) in [6, 6.07) is 9.19. The predicted octanol–water partition coefficient (Wildman–Crippen LogP) is 4.33. The van der Waals surface area contributed by atoms with Crippen molar-refractivity contribution in [2.45, 2.75) is 39.2 Å². The lowest BCUT2D eigenvalue weighted by molar-refractivity contribution is -0.119. The molecular formula is C28H28F3N7O6. The maximum atomic E-state index is 13.3. The van der Waals surface area contributed by atoms with Crippen LogP contribution in [0.1, 0.15) is 47.3 Å². The fourth-order valence-electron chi connectivity index (χ4n) is 3.77. The Bertz CT molecular complexity index is 1660. The largest absolute Gasteiger partial charge is 0.444 e. The van der Waals surface area contributed by atoms with Crippen LogP contribution in [0.5, 0.6) is 0 Å². The topological polar surface area (TPSA) is 165 Å². The van der Waals surface area contributed by atoms with Crippen molar-refractivity contribution in [2.75, 3.05) is 23.8 Å². The average Bonchev–Trinajstić information content (AvgIpc) is 3.62. The molecule has 0 bridgehead atoms. The van der Waals surface area contributed by atoms with Crippen molar-refractivity contribution in [1.82, 2.24) is 25.1 Å². The van der Waals surface area contributed by atoms with Crippen molar-refractivity contribution in [2.24, 2.45) is 0 Å². The lowest BCUT2D eigenvalue weighted by atomic mass is 10.2. The van der Waals surface area contributed by atoms with Gasteiger partial charge in [0.05, 0.1) is 24.2 Å². The number of pyridine rings is 1. The van der Waals surface area contributed by atoms with E-state index in [0.29, 0.717) is 16.2 Å². The number of aliphatic hydroxyl groups excluding tert-OH is 1. The molecule has 0 radical (unpaired) electrons. The highest BCUT2D eigenvalue weighted by Crippen LogP contribution is 2.27. The summed E-state index contributed by atoms with van der Waals surface area (Å²) in [7, 11) is 1.40. The number of nitrogens with one attached hydrogen (secondary N) is 2. The molecule has 16 heteroatoms. The number of halogens is 3. The number of carbonyl (C=O) groups excluding carboxylic acids is 3. The summed E-state index contributed by atoms with van der Waals surface area (Å²) in [6.45, 7) is 2.72. The molecule has 0 saturated carbocycles. The number of hydrogen-bond donors (Lipinski definition) is 3. The van der Waals surface area contributed by atoms with Gasteiger partial charge >= 0.3 is 12.3 Å². The van der Waals surface area contributed by atoms with Crippen LogP contribution in [-0.2, 0) is 11.3 Å². The van der Waals surface area contributed by atoms with Crippen LogP contribution in [0.2, 0.25) is 0 Å². The van der Waals surface area contributed by atoms with E-state index in [-0.39, 0.29) is 41.0 Å². The molecule has 1 aromatic carbocycles. The number of hydrogen-bond acceptors (Lipinski definition) is 9. The fraction of sp³-hybridized carbons (Fsp3) is 0.286. The number of aromatic nitrogens is 4. The summed E-state index contributed by atoms with van der Waals surface area (Å²) in [5.74, 6) is -1.89. The first kappa shape index (κ1) is 31.7. The van der Waals surface area contributed by atoms with Gasteiger partial charge < -0.3 is 24.9 Å². The number of nitrogens with zero attached hydrogens (tertiary/aromatic N) is 5. The van der Waals surface area contributed by atoms with Crippen LogP contribution in [0.3, 0.4) is 0 Å². The molecule has 44 heavy (non-hydrogen) atoms. The molecule has 0 fully saturated rings. The predicted molar refractivity (Wildman–Crippen MR) is 150 cm³/mol. The van der Waals surface area contributed by atoms with Gasteiger partial charge in [0.25, 0.3) is 11.8 Å². The first-order chi connectivity index (χ1) is 20.7. The molecule has 3 heterocycles. The molecule has 0 spiro atoms. The van der Waals surface area contributed by atoms with Crippen LogP contribution in [0, 0.1) is 0 Å². The third kappa shape index (κ3) is 7.77. The van der Waals surface area contributed by atoms with Crippen molar-refractivity contribution in [3.05, 3.63) is 72.0 Å². The molecule has 0 aliphatic heterocycles. The third-order valence-corrected chi connectivity index (χ3v) is 5.75. The van der Waals surface area contributed by atoms with E-state index in [2.05, 4.69) is 25.7 Å². The van der Waals surface area contributed by atoms with Gasteiger partial charge in [-0.05, 0) is 50.6 Å². The Balaban J connectivity index is 1.59. The Morgan fingerprint density at radius 3 is 2.41 bits per heavy atom. The van der Waals surface area contributed by atoms with Crippen LogP contribution in [0.25, 0.3) is 17.1 Å². The molecule has 4 rings (SSSR count). The Morgan fingerprint density at radius 2 is 1.80 bits per heavy atom. The summed E-state index contributed by atoms with van der Waals surface area (Å²) in [5, 5.41) is 18.5. The van der Waals surface area contributed by atoms with E-state index in [1.165, 1.54) is 44.8 Å². The number of anilines is 2. The van der Waals surface area contributed by atoms with Crippen molar-refractivity contribution >= 4 is 29.4 Å². The van der Waals surface area contributed by atoms with Crippen LogP contribution in [-0.4, -0.2) is 68.1 Å². The second kappa shape index (κ2) is 12.5. The van der Waals surface area contributed by atoms with Crippen molar-refractivity contribution in [3.63, 3.8) is 0 Å². The first-order valence-corrected chi connectivity index (χ1v) is 13.0. The zero-order valence-corrected chi connectivity index (χ0v) is 24.0. The molecule has 4 aromatic rings. The molecule has 3 amide bonds. The summed E-state index contributed by atoms with van der Waals surface area (Å²) in [5.41, 5.74) is 0.00810. The first-order valence-electron chi connectivity index (χ1n) is 13.0. The standard InChI is InChI=1S/C28H28F3N7O6/c1-27(2,3)44-26(42)37(15-28(29,30)31)21-11-17(9-10-33-21)25-35-20(14-43-25)23(40)34-19-12-38(36-22(19)24(41)32-4)18-7-5-16(13-39)6-8-18/h5-12,14,39H,13,15H2,1-4H3,(H,32,41)(H,34,40). The van der Waals surface area contributed by atoms with Gasteiger partial charge in [0, 0.05) is 18.8 Å². The minimum atomic E-state index is -4.76. The quantitative estimate of drug-likeness (QED) is 0.262. The summed E-state index contributed by atoms with van der Waals surface area (Å²) >= 11 is 0. The van der Waals surface area contributed by atoms with E-state index >= 15 is 0 Å². The highest BCUT2D eigenvalue weighted by molar-refractivity contribution is 6.07. The molecule has 0 unspecified atom stereocenters. The van der Waals surface area contributed by atoms with Gasteiger partial charge in [0.2, 0.25) is 5.89 Å². The maximum Gasteiger partial charge on any atom is 0.416 e. The molecule has 0 aliphatic carbocycles. The SMILES string of the molecule is CNC(=O)c1nn(-c2ccc(CO)cc2)cc1NC(=O)c1coc(-c2ccnc(N(CC(F)(F)F)C(=O)OC(C)(C)C)c2)n1.